The molecule has 1 fully saturated rings. The number of non-ortho nitro benzene ring substituents is 1. The van der Waals surface area contributed by atoms with Gasteiger partial charge in [-0.15, -0.1) is 0 Å². The molecule has 21 heavy (non-hydrogen) atoms. The molecule has 1 N–H and O–H groups in total. The molecule has 1 aromatic rings. The van der Waals surface area contributed by atoms with E-state index < -0.39 is 34.3 Å². The van der Waals surface area contributed by atoms with Gasteiger partial charge in [-0.2, -0.15) is 0 Å². The van der Waals surface area contributed by atoms with Crippen molar-refractivity contribution in [2.75, 3.05) is 0 Å². The van der Waals surface area contributed by atoms with Gasteiger partial charge < -0.3 is 10.0 Å². The Balaban J connectivity index is 2.33. The second-order valence-electron chi connectivity index (χ2n) is 4.88. The molecule has 2 rings (SSSR count). The van der Waals surface area contributed by atoms with Crippen LogP contribution in [0.5, 0.6) is 0 Å². The van der Waals surface area contributed by atoms with E-state index in [0.717, 1.165) is 17.0 Å². The van der Waals surface area contributed by atoms with Crippen molar-refractivity contribution in [1.82, 2.24) is 4.90 Å². The van der Waals surface area contributed by atoms with Crippen molar-refractivity contribution >= 4 is 17.6 Å². The summed E-state index contributed by atoms with van der Waals surface area (Å²) >= 11 is 0. The molecule has 1 aliphatic rings. The summed E-state index contributed by atoms with van der Waals surface area (Å²) in [5.41, 5.74) is -0.825. The lowest BCUT2D eigenvalue weighted by Crippen LogP contribution is -2.45. The van der Waals surface area contributed by atoms with E-state index in [-0.39, 0.29) is 11.6 Å². The largest absolute Gasteiger partial charge is 0.480 e. The lowest BCUT2D eigenvalue weighted by molar-refractivity contribution is -0.385. The third-order valence-corrected chi connectivity index (χ3v) is 3.34. The van der Waals surface area contributed by atoms with Crippen molar-refractivity contribution in [2.45, 2.75) is 31.8 Å². The fourth-order valence-electron chi connectivity index (χ4n) is 2.06. The van der Waals surface area contributed by atoms with Crippen LogP contribution in [0.3, 0.4) is 0 Å². The molecule has 112 valence electrons. The number of hydrogen-bond donors (Lipinski definition) is 1. The molecular formula is C13H13FN2O5. The zero-order valence-electron chi connectivity index (χ0n) is 11.2. The second kappa shape index (κ2) is 5.47. The Labute approximate surface area is 119 Å². The van der Waals surface area contributed by atoms with Crippen LogP contribution >= 0.6 is 0 Å². The van der Waals surface area contributed by atoms with Gasteiger partial charge in [-0.05, 0) is 25.8 Å². The third kappa shape index (κ3) is 2.99. The molecule has 7 nitrogen and oxygen atoms in total. The molecule has 1 unspecified atom stereocenters. The van der Waals surface area contributed by atoms with Gasteiger partial charge in [0.1, 0.15) is 11.9 Å². The fourth-order valence-corrected chi connectivity index (χ4v) is 2.06. The highest BCUT2D eigenvalue weighted by Crippen LogP contribution is 2.31. The molecule has 0 saturated heterocycles. The second-order valence-corrected chi connectivity index (χ2v) is 4.88. The maximum Gasteiger partial charge on any atom is 0.326 e. The summed E-state index contributed by atoms with van der Waals surface area (Å²) in [4.78, 5) is 34.3. The van der Waals surface area contributed by atoms with Crippen LogP contribution in [-0.2, 0) is 4.79 Å². The third-order valence-electron chi connectivity index (χ3n) is 3.34. The summed E-state index contributed by atoms with van der Waals surface area (Å²) in [5, 5.41) is 19.6. The number of amides is 1. The number of nitrogens with zero attached hydrogens (tertiary/aromatic N) is 2. The van der Waals surface area contributed by atoms with Crippen molar-refractivity contribution in [1.29, 1.82) is 0 Å². The molecule has 0 heterocycles. The van der Waals surface area contributed by atoms with Crippen molar-refractivity contribution in [2.24, 2.45) is 0 Å². The van der Waals surface area contributed by atoms with Gasteiger partial charge in [-0.25, -0.2) is 9.18 Å². The molecule has 1 saturated carbocycles. The summed E-state index contributed by atoms with van der Waals surface area (Å²) in [6, 6.07) is 1.38. The average Bonchev–Trinajstić information content (AvgIpc) is 3.22. The van der Waals surface area contributed by atoms with Crippen LogP contribution < -0.4 is 0 Å². The van der Waals surface area contributed by atoms with Crippen molar-refractivity contribution < 1.29 is 24.0 Å². The Bertz CT molecular complexity index is 615. The maximum atomic E-state index is 13.9. The van der Waals surface area contributed by atoms with Crippen molar-refractivity contribution in [3.8, 4) is 0 Å². The van der Waals surface area contributed by atoms with Gasteiger partial charge in [0.15, 0.2) is 0 Å². The molecule has 0 aliphatic heterocycles. The standard InChI is InChI=1S/C13H13FN2O5/c1-7(13(18)19)15(8-2-3-8)12(17)10-5-4-9(16(20)21)6-11(10)14/h4-8H,2-3H2,1H3,(H,18,19). The van der Waals surface area contributed by atoms with E-state index in [1.165, 1.54) is 6.92 Å². The van der Waals surface area contributed by atoms with Crippen LogP contribution in [0.1, 0.15) is 30.1 Å². The summed E-state index contributed by atoms with van der Waals surface area (Å²) in [5.74, 6) is -2.98. The van der Waals surface area contributed by atoms with E-state index in [9.17, 15) is 24.1 Å². The van der Waals surface area contributed by atoms with Gasteiger partial charge in [0.05, 0.1) is 16.6 Å². The van der Waals surface area contributed by atoms with Crippen LogP contribution in [0.15, 0.2) is 18.2 Å². The normalized spacial score (nSPS) is 15.3. The zero-order chi connectivity index (χ0) is 15.7. The number of carbonyl (C=O) groups is 2. The number of rotatable bonds is 5. The van der Waals surface area contributed by atoms with Gasteiger partial charge in [-0.3, -0.25) is 14.9 Å². The molecule has 8 heteroatoms. The summed E-state index contributed by atoms with van der Waals surface area (Å²) in [6.45, 7) is 1.35. The van der Waals surface area contributed by atoms with E-state index in [1.807, 2.05) is 0 Å². The minimum atomic E-state index is -1.18. The highest BCUT2D eigenvalue weighted by atomic mass is 19.1. The first kappa shape index (κ1) is 14.9. The van der Waals surface area contributed by atoms with Crippen molar-refractivity contribution in [3.63, 3.8) is 0 Å². The minimum Gasteiger partial charge on any atom is -0.480 e. The highest BCUT2D eigenvalue weighted by molar-refractivity contribution is 5.97. The number of benzene rings is 1. The van der Waals surface area contributed by atoms with Crippen LogP contribution in [0.2, 0.25) is 0 Å². The van der Waals surface area contributed by atoms with E-state index in [1.54, 1.807) is 0 Å². The Morgan fingerprint density at radius 1 is 1.48 bits per heavy atom. The van der Waals surface area contributed by atoms with E-state index >= 15 is 0 Å². The Kier molecular flexibility index (Phi) is 3.88. The fraction of sp³-hybridized carbons (Fsp3) is 0.385. The van der Waals surface area contributed by atoms with Gasteiger partial charge in [0.2, 0.25) is 0 Å². The Morgan fingerprint density at radius 3 is 2.52 bits per heavy atom. The summed E-state index contributed by atoms with van der Waals surface area (Å²) < 4.78 is 13.9. The molecule has 0 bridgehead atoms. The number of carboxylic acid groups (broad SMARTS) is 1. The SMILES string of the molecule is CC(C(=O)O)N(C(=O)c1ccc([N+](=O)[O-])cc1F)C1CC1. The van der Waals surface area contributed by atoms with Gasteiger partial charge >= 0.3 is 5.97 Å². The number of nitro groups is 1. The number of aliphatic carboxylic acids is 1. The minimum absolute atomic E-state index is 0.224. The first-order valence-corrected chi connectivity index (χ1v) is 6.32. The van der Waals surface area contributed by atoms with Crippen LogP contribution in [0.25, 0.3) is 0 Å². The lowest BCUT2D eigenvalue weighted by Gasteiger charge is -2.26. The Hall–Kier alpha value is -2.51. The number of carbonyl (C=O) groups excluding carboxylic acids is 1. The predicted octanol–water partition coefficient (Wildman–Crippen LogP) is 1.81. The topological polar surface area (TPSA) is 101 Å². The van der Waals surface area contributed by atoms with E-state index in [0.29, 0.717) is 18.9 Å². The number of halogens is 1. The van der Waals surface area contributed by atoms with Crippen LogP contribution in [-0.4, -0.2) is 38.9 Å². The number of hydrogen-bond acceptors (Lipinski definition) is 4. The monoisotopic (exact) mass is 296 g/mol. The quantitative estimate of drug-likeness (QED) is 0.659. The molecule has 1 aliphatic carbocycles. The lowest BCUT2D eigenvalue weighted by atomic mass is 10.1. The number of carboxylic acids is 1. The number of nitro benzene ring substituents is 1. The Morgan fingerprint density at radius 2 is 2.10 bits per heavy atom. The van der Waals surface area contributed by atoms with Gasteiger partial charge in [-0.1, -0.05) is 0 Å². The average molecular weight is 296 g/mol. The first-order chi connectivity index (χ1) is 9.82. The molecule has 1 atom stereocenters. The summed E-state index contributed by atoms with van der Waals surface area (Å²) in [7, 11) is 0. The van der Waals surface area contributed by atoms with Gasteiger partial charge in [0.25, 0.3) is 11.6 Å². The molecule has 0 spiro atoms. The van der Waals surface area contributed by atoms with E-state index in [2.05, 4.69) is 0 Å². The van der Waals surface area contributed by atoms with Crippen LogP contribution in [0.4, 0.5) is 10.1 Å². The highest BCUT2D eigenvalue weighted by Gasteiger charge is 2.39. The molecular weight excluding hydrogens is 283 g/mol. The summed E-state index contributed by atoms with van der Waals surface area (Å²) in [6.07, 6.45) is 1.33. The molecule has 0 radical (unpaired) electrons. The predicted molar refractivity (Wildman–Crippen MR) is 69.3 cm³/mol. The zero-order valence-corrected chi connectivity index (χ0v) is 11.2. The van der Waals surface area contributed by atoms with Crippen molar-refractivity contribution in [3.05, 3.63) is 39.7 Å². The molecule has 1 amide bonds. The maximum absolute atomic E-state index is 13.9. The molecule has 0 aromatic heterocycles. The van der Waals surface area contributed by atoms with E-state index in [4.69, 9.17) is 5.11 Å². The first-order valence-electron chi connectivity index (χ1n) is 6.32. The van der Waals surface area contributed by atoms with Gasteiger partial charge in [0, 0.05) is 12.1 Å². The van der Waals surface area contributed by atoms with Crippen LogP contribution in [0, 0.1) is 15.9 Å². The smallest absolute Gasteiger partial charge is 0.326 e. The molecule has 1 aromatic carbocycles.